The zero-order valence-corrected chi connectivity index (χ0v) is 27.8. The summed E-state index contributed by atoms with van der Waals surface area (Å²) in [6.45, 7) is 18.8. The topological polar surface area (TPSA) is 74.8 Å². The van der Waals surface area contributed by atoms with Gasteiger partial charge in [-0.2, -0.15) is 0 Å². The fraction of sp³-hybridized carbons (Fsp3) is 0.333. The molecule has 0 bridgehead atoms. The van der Waals surface area contributed by atoms with E-state index in [4.69, 9.17) is 0 Å². The first-order chi connectivity index (χ1) is 21.1. The van der Waals surface area contributed by atoms with Crippen molar-refractivity contribution < 1.29 is 19.2 Å². The van der Waals surface area contributed by atoms with Gasteiger partial charge >= 0.3 is 0 Å². The van der Waals surface area contributed by atoms with Crippen LogP contribution in [-0.2, 0) is 30.0 Å². The van der Waals surface area contributed by atoms with Gasteiger partial charge in [0.05, 0.1) is 11.4 Å². The van der Waals surface area contributed by atoms with E-state index in [2.05, 4.69) is 91.8 Å². The predicted octanol–water partition coefficient (Wildman–Crippen LogP) is 8.08. The number of carbonyl (C=O) groups excluding carboxylic acids is 4. The molecular weight excluding hydrogens is 560 g/mol. The monoisotopic (exact) mass is 604 g/mol. The zero-order chi connectivity index (χ0) is 33.3. The molecule has 6 nitrogen and oxygen atoms in total. The number of amides is 4. The van der Waals surface area contributed by atoms with Crippen molar-refractivity contribution in [3.63, 3.8) is 0 Å². The van der Waals surface area contributed by atoms with Crippen molar-refractivity contribution in [1.29, 1.82) is 0 Å². The summed E-state index contributed by atoms with van der Waals surface area (Å²) in [5.74, 6) is -0.783. The van der Waals surface area contributed by atoms with Crippen LogP contribution in [0, 0.1) is 0 Å². The van der Waals surface area contributed by atoms with Gasteiger partial charge in [0.25, 0.3) is 17.7 Å². The fourth-order valence-electron chi connectivity index (χ4n) is 5.94. The van der Waals surface area contributed by atoms with E-state index >= 15 is 0 Å². The van der Waals surface area contributed by atoms with E-state index in [0.717, 1.165) is 38.3 Å². The van der Waals surface area contributed by atoms with Crippen LogP contribution in [0.1, 0.15) is 108 Å². The fourth-order valence-corrected chi connectivity index (χ4v) is 5.94. The van der Waals surface area contributed by atoms with Gasteiger partial charge in [0.2, 0.25) is 6.41 Å². The second-order valence-electron chi connectivity index (χ2n) is 13.3. The molecule has 1 aliphatic heterocycles. The highest BCUT2D eigenvalue weighted by molar-refractivity contribution is 6.28. The highest BCUT2D eigenvalue weighted by Crippen LogP contribution is 2.43. The number of anilines is 2. The molecule has 1 aliphatic rings. The Labute approximate surface area is 267 Å². The lowest BCUT2D eigenvalue weighted by Gasteiger charge is -2.33. The first-order valence-electron chi connectivity index (χ1n) is 15.5. The molecule has 3 aromatic rings. The number of rotatable bonds is 10. The van der Waals surface area contributed by atoms with Crippen LogP contribution in [0.3, 0.4) is 0 Å². The normalized spacial score (nSPS) is 13.9. The summed E-state index contributed by atoms with van der Waals surface area (Å²) in [6.07, 6.45) is 6.20. The number of allylic oxidation sites excluding steroid dienone is 1. The Morgan fingerprint density at radius 1 is 0.711 bits per heavy atom. The van der Waals surface area contributed by atoms with E-state index < -0.39 is 0 Å². The summed E-state index contributed by atoms with van der Waals surface area (Å²) in [4.78, 5) is 51.8. The maximum atomic E-state index is 12.8. The van der Waals surface area contributed by atoms with Crippen molar-refractivity contribution in [3.05, 3.63) is 118 Å². The predicted molar refractivity (Wildman–Crippen MR) is 182 cm³/mol. The molecule has 0 unspecified atom stereocenters. The van der Waals surface area contributed by atoms with Crippen LogP contribution in [0.25, 0.3) is 0 Å². The smallest absolute Gasteiger partial charge is 0.258 e. The second kappa shape index (κ2) is 12.8. The van der Waals surface area contributed by atoms with E-state index in [0.29, 0.717) is 17.8 Å². The molecule has 0 N–H and O–H groups in total. The van der Waals surface area contributed by atoms with Gasteiger partial charge in [-0.05, 0) is 70.3 Å². The van der Waals surface area contributed by atoms with Crippen LogP contribution in [0.15, 0.2) is 85.0 Å². The van der Waals surface area contributed by atoms with Crippen LogP contribution in [0.2, 0.25) is 0 Å². The van der Waals surface area contributed by atoms with Crippen LogP contribution in [-0.4, -0.2) is 24.1 Å². The molecule has 4 rings (SSSR count). The quantitative estimate of drug-likeness (QED) is 0.133. The molecule has 234 valence electrons. The molecule has 4 amide bonds. The van der Waals surface area contributed by atoms with Crippen molar-refractivity contribution in [3.8, 4) is 0 Å². The van der Waals surface area contributed by atoms with E-state index in [1.807, 2.05) is 12.1 Å². The molecule has 0 saturated heterocycles. The van der Waals surface area contributed by atoms with E-state index in [1.54, 1.807) is 25.1 Å². The SMILES string of the molecule is C/C=C\C(=O)N(C=O)c1ccc(C(C)(C)c2ccc(C(C)(C)c3cc(C(C)C)c(N4C(=O)C=CC4=O)c(C(C)C)c3)cc2)cc1. The van der Waals surface area contributed by atoms with Crippen molar-refractivity contribution in [1.82, 2.24) is 0 Å². The molecule has 0 radical (unpaired) electrons. The summed E-state index contributed by atoms with van der Waals surface area (Å²) in [5.41, 5.74) is 6.97. The lowest BCUT2D eigenvalue weighted by Crippen LogP contribution is -2.32. The van der Waals surface area contributed by atoms with Gasteiger partial charge in [0, 0.05) is 23.0 Å². The van der Waals surface area contributed by atoms with Gasteiger partial charge in [-0.3, -0.25) is 19.2 Å². The minimum absolute atomic E-state index is 0.101. The minimum atomic E-state index is -0.386. The minimum Gasteiger partial charge on any atom is -0.278 e. The van der Waals surface area contributed by atoms with Gasteiger partial charge in [-0.25, -0.2) is 9.80 Å². The lowest BCUT2D eigenvalue weighted by atomic mass is 9.73. The Bertz CT molecular complexity index is 1630. The molecule has 3 aromatic carbocycles. The number of hydrogen-bond acceptors (Lipinski definition) is 4. The average molecular weight is 605 g/mol. The summed E-state index contributed by atoms with van der Waals surface area (Å²) in [6, 6.07) is 20.5. The number of carbonyl (C=O) groups is 4. The molecule has 0 aliphatic carbocycles. The number of hydrogen-bond donors (Lipinski definition) is 0. The third kappa shape index (κ3) is 6.32. The molecule has 0 aromatic heterocycles. The second-order valence-corrected chi connectivity index (χ2v) is 13.3. The Kier molecular flexibility index (Phi) is 9.48. The third-order valence-electron chi connectivity index (χ3n) is 9.01. The molecule has 6 heteroatoms. The van der Waals surface area contributed by atoms with Crippen LogP contribution < -0.4 is 9.80 Å². The number of benzene rings is 3. The molecule has 1 heterocycles. The van der Waals surface area contributed by atoms with Gasteiger partial charge in [0.15, 0.2) is 0 Å². The molecular formula is C39H44N2O4. The Morgan fingerprint density at radius 3 is 1.49 bits per heavy atom. The zero-order valence-electron chi connectivity index (χ0n) is 27.8. The maximum Gasteiger partial charge on any atom is 0.258 e. The van der Waals surface area contributed by atoms with Crippen LogP contribution in [0.5, 0.6) is 0 Å². The van der Waals surface area contributed by atoms with Crippen LogP contribution >= 0.6 is 0 Å². The first-order valence-corrected chi connectivity index (χ1v) is 15.5. The first kappa shape index (κ1) is 33.3. The van der Waals surface area contributed by atoms with E-state index in [-0.39, 0.29) is 40.4 Å². The van der Waals surface area contributed by atoms with Gasteiger partial charge < -0.3 is 0 Å². The van der Waals surface area contributed by atoms with Gasteiger partial charge in [0.1, 0.15) is 0 Å². The molecule has 0 atom stereocenters. The number of imide groups is 2. The van der Waals surface area contributed by atoms with Crippen molar-refractivity contribution in [2.75, 3.05) is 9.80 Å². The van der Waals surface area contributed by atoms with Crippen molar-refractivity contribution in [2.45, 2.75) is 85.0 Å². The lowest BCUT2D eigenvalue weighted by molar-refractivity contribution is -0.120. The molecule has 0 fully saturated rings. The molecule has 0 saturated carbocycles. The highest BCUT2D eigenvalue weighted by Gasteiger charge is 2.34. The van der Waals surface area contributed by atoms with E-state index in [1.165, 1.54) is 23.1 Å². The summed E-state index contributed by atoms with van der Waals surface area (Å²) in [5, 5.41) is 0. The Morgan fingerprint density at radius 2 is 1.11 bits per heavy atom. The number of nitrogens with zero attached hydrogens (tertiary/aromatic N) is 2. The van der Waals surface area contributed by atoms with Crippen LogP contribution in [0.4, 0.5) is 11.4 Å². The Hall–Kier alpha value is -4.58. The summed E-state index contributed by atoms with van der Waals surface area (Å²) < 4.78 is 0. The third-order valence-corrected chi connectivity index (χ3v) is 9.01. The van der Waals surface area contributed by atoms with Crippen molar-refractivity contribution in [2.24, 2.45) is 0 Å². The van der Waals surface area contributed by atoms with Gasteiger partial charge in [-0.15, -0.1) is 0 Å². The largest absolute Gasteiger partial charge is 0.278 e. The van der Waals surface area contributed by atoms with E-state index in [9.17, 15) is 19.2 Å². The highest BCUT2D eigenvalue weighted by atomic mass is 16.2. The summed E-state index contributed by atoms with van der Waals surface area (Å²) >= 11 is 0. The van der Waals surface area contributed by atoms with Gasteiger partial charge in [-0.1, -0.05) is 110 Å². The molecule has 45 heavy (non-hydrogen) atoms. The Balaban J connectivity index is 1.69. The standard InChI is InChI=1S/C39H44N2O4/c1-10-11-34(43)40(24-42)31-18-16-29(17-19-31)38(6,7)27-12-14-28(15-13-27)39(8,9)30-22-32(25(2)3)37(33(23-30)26(4)5)41-35(44)20-21-36(41)45/h10-26H,1-9H3/b11-10-. The maximum absolute atomic E-state index is 12.8. The average Bonchev–Trinajstić information content (AvgIpc) is 3.34. The van der Waals surface area contributed by atoms with Crippen molar-refractivity contribution >= 4 is 35.5 Å². The summed E-state index contributed by atoms with van der Waals surface area (Å²) in [7, 11) is 0. The molecule has 0 spiro atoms.